The van der Waals surface area contributed by atoms with E-state index in [-0.39, 0.29) is 6.54 Å². The van der Waals surface area contributed by atoms with E-state index in [4.69, 9.17) is 5.21 Å². The molecule has 1 heterocycles. The zero-order valence-electron chi connectivity index (χ0n) is 11.9. The van der Waals surface area contributed by atoms with Gasteiger partial charge in [0.1, 0.15) is 12.1 Å². The van der Waals surface area contributed by atoms with Crippen molar-refractivity contribution >= 4 is 17.7 Å². The molecule has 0 aromatic heterocycles. The smallest absolute Gasteiger partial charge is 0.263 e. The third-order valence-electron chi connectivity index (χ3n) is 3.86. The number of piperazine rings is 1. The lowest BCUT2D eigenvalue weighted by Gasteiger charge is -2.44. The van der Waals surface area contributed by atoms with Crippen LogP contribution in [0, 0.1) is 0 Å². The summed E-state index contributed by atoms with van der Waals surface area (Å²) in [7, 11) is 1.69. The molecule has 1 unspecified atom stereocenters. The normalized spacial score (nSPS) is 23.3. The van der Waals surface area contributed by atoms with Crippen LogP contribution in [0.1, 0.15) is 12.5 Å². The average molecular weight is 291 g/mol. The Labute approximate surface area is 122 Å². The first-order valence-electron chi connectivity index (χ1n) is 6.45. The van der Waals surface area contributed by atoms with Crippen molar-refractivity contribution in [3.05, 3.63) is 35.9 Å². The van der Waals surface area contributed by atoms with E-state index in [1.807, 2.05) is 18.2 Å². The molecule has 0 aliphatic carbocycles. The van der Waals surface area contributed by atoms with Crippen molar-refractivity contribution in [2.24, 2.45) is 0 Å². The van der Waals surface area contributed by atoms with Crippen LogP contribution < -0.4 is 5.48 Å². The van der Waals surface area contributed by atoms with Crippen molar-refractivity contribution < 1.29 is 19.6 Å². The summed E-state index contributed by atoms with van der Waals surface area (Å²) in [5, 5.41) is 8.58. The average Bonchev–Trinajstić information content (AvgIpc) is 2.50. The molecule has 21 heavy (non-hydrogen) atoms. The van der Waals surface area contributed by atoms with E-state index in [0.717, 1.165) is 10.5 Å². The number of benzene rings is 1. The number of hydroxylamine groups is 1. The Bertz CT molecular complexity index is 575. The summed E-state index contributed by atoms with van der Waals surface area (Å²) < 4.78 is 0. The Morgan fingerprint density at radius 2 is 1.95 bits per heavy atom. The Hall–Kier alpha value is -2.25. The Balaban J connectivity index is 2.39. The molecule has 1 aromatic rings. The van der Waals surface area contributed by atoms with E-state index < -0.39 is 29.8 Å². The molecule has 1 saturated heterocycles. The minimum Gasteiger partial charge on any atom is -0.289 e. The number of amides is 3. The van der Waals surface area contributed by atoms with Crippen molar-refractivity contribution in [2.75, 3.05) is 20.1 Å². The fraction of sp³-hybridized carbons (Fsp3) is 0.357. The van der Waals surface area contributed by atoms with Crippen LogP contribution in [0.15, 0.2) is 30.3 Å². The van der Waals surface area contributed by atoms with Crippen LogP contribution in [0.3, 0.4) is 0 Å². The topological polar surface area (TPSA) is 90.0 Å². The highest BCUT2D eigenvalue weighted by atomic mass is 16.5. The monoisotopic (exact) mass is 291 g/mol. The number of likely N-dealkylation sites (N-methyl/N-ethyl adjacent to an activating group) is 1. The molecule has 112 valence electrons. The lowest BCUT2D eigenvalue weighted by atomic mass is 9.87. The molecule has 7 nitrogen and oxygen atoms in total. The van der Waals surface area contributed by atoms with Gasteiger partial charge >= 0.3 is 0 Å². The molecular weight excluding hydrogens is 274 g/mol. The predicted octanol–water partition coefficient (Wildman–Crippen LogP) is -0.292. The summed E-state index contributed by atoms with van der Waals surface area (Å²) in [6.45, 7) is 1.22. The number of hydrogen-bond acceptors (Lipinski definition) is 5. The summed E-state index contributed by atoms with van der Waals surface area (Å²) in [5.74, 6) is -1.77. The summed E-state index contributed by atoms with van der Waals surface area (Å²) in [4.78, 5) is 38.5. The third-order valence-corrected chi connectivity index (χ3v) is 3.86. The van der Waals surface area contributed by atoms with Crippen molar-refractivity contribution in [1.29, 1.82) is 0 Å². The van der Waals surface area contributed by atoms with E-state index in [9.17, 15) is 14.4 Å². The van der Waals surface area contributed by atoms with Gasteiger partial charge in [-0.3, -0.25) is 29.4 Å². The van der Waals surface area contributed by atoms with Gasteiger partial charge in [-0.2, -0.15) is 0 Å². The zero-order chi connectivity index (χ0) is 15.6. The van der Waals surface area contributed by atoms with Gasteiger partial charge in [-0.25, -0.2) is 5.48 Å². The van der Waals surface area contributed by atoms with Gasteiger partial charge in [-0.1, -0.05) is 30.3 Å². The first-order chi connectivity index (χ1) is 9.91. The van der Waals surface area contributed by atoms with Gasteiger partial charge in [-0.05, 0) is 19.5 Å². The molecule has 0 saturated carbocycles. The van der Waals surface area contributed by atoms with Crippen LogP contribution in [0.2, 0.25) is 0 Å². The first kappa shape index (κ1) is 15.1. The van der Waals surface area contributed by atoms with Gasteiger partial charge in [0.05, 0.1) is 6.54 Å². The van der Waals surface area contributed by atoms with Crippen LogP contribution in [0.25, 0.3) is 0 Å². The van der Waals surface area contributed by atoms with E-state index >= 15 is 0 Å². The summed E-state index contributed by atoms with van der Waals surface area (Å²) in [6.07, 6.45) is 0. The van der Waals surface area contributed by atoms with Gasteiger partial charge in [-0.15, -0.1) is 0 Å². The molecule has 1 aliphatic heterocycles. The lowest BCUT2D eigenvalue weighted by molar-refractivity contribution is -0.164. The number of rotatable bonds is 3. The van der Waals surface area contributed by atoms with Gasteiger partial charge in [0, 0.05) is 0 Å². The van der Waals surface area contributed by atoms with Crippen LogP contribution in [0.5, 0.6) is 0 Å². The molecule has 2 rings (SSSR count). The first-order valence-corrected chi connectivity index (χ1v) is 6.45. The van der Waals surface area contributed by atoms with Gasteiger partial charge < -0.3 is 0 Å². The van der Waals surface area contributed by atoms with Gasteiger partial charge in [0.25, 0.3) is 11.8 Å². The molecule has 0 radical (unpaired) electrons. The van der Waals surface area contributed by atoms with Crippen molar-refractivity contribution in [3.63, 3.8) is 0 Å². The number of nitrogens with one attached hydrogen (secondary N) is 1. The van der Waals surface area contributed by atoms with E-state index in [0.29, 0.717) is 0 Å². The highest BCUT2D eigenvalue weighted by Gasteiger charge is 2.48. The van der Waals surface area contributed by atoms with E-state index in [1.54, 1.807) is 31.0 Å². The quantitative estimate of drug-likeness (QED) is 0.454. The Morgan fingerprint density at radius 3 is 2.52 bits per heavy atom. The number of imide groups is 1. The maximum Gasteiger partial charge on any atom is 0.263 e. The second-order valence-corrected chi connectivity index (χ2v) is 5.11. The zero-order valence-corrected chi connectivity index (χ0v) is 11.9. The predicted molar refractivity (Wildman–Crippen MR) is 73.1 cm³/mol. The largest absolute Gasteiger partial charge is 0.289 e. The summed E-state index contributed by atoms with van der Waals surface area (Å²) >= 11 is 0. The third kappa shape index (κ3) is 2.53. The number of hydrogen-bond donors (Lipinski definition) is 2. The summed E-state index contributed by atoms with van der Waals surface area (Å²) in [5.41, 5.74) is 1.13. The van der Waals surface area contributed by atoms with Gasteiger partial charge in [0.15, 0.2) is 0 Å². The van der Waals surface area contributed by atoms with Crippen molar-refractivity contribution in [2.45, 2.75) is 12.5 Å². The molecule has 7 heteroatoms. The fourth-order valence-corrected chi connectivity index (χ4v) is 2.43. The molecule has 1 aliphatic rings. The maximum atomic E-state index is 12.7. The van der Waals surface area contributed by atoms with Crippen LogP contribution in [-0.4, -0.2) is 52.9 Å². The molecule has 0 bridgehead atoms. The summed E-state index contributed by atoms with van der Waals surface area (Å²) in [6, 6.07) is 9.05. The molecule has 1 atom stereocenters. The highest BCUT2D eigenvalue weighted by molar-refractivity contribution is 6.05. The fourth-order valence-electron chi connectivity index (χ4n) is 2.43. The SMILES string of the molecule is CN1CC(=O)N(CC(=O)NO)C(=O)C1(C)c1ccccc1. The molecule has 1 aromatic carbocycles. The van der Waals surface area contributed by atoms with Crippen LogP contribution >= 0.6 is 0 Å². The van der Waals surface area contributed by atoms with E-state index in [2.05, 4.69) is 0 Å². The van der Waals surface area contributed by atoms with E-state index in [1.165, 1.54) is 5.48 Å². The van der Waals surface area contributed by atoms with Crippen molar-refractivity contribution in [3.8, 4) is 0 Å². The molecule has 2 N–H and O–H groups in total. The minimum atomic E-state index is -1.04. The molecule has 1 fully saturated rings. The Kier molecular flexibility index (Phi) is 4.06. The molecular formula is C14H17N3O4. The standard InChI is InChI=1S/C14H17N3O4/c1-14(10-6-4-3-5-7-10)13(20)17(8-11(18)15-21)12(19)9-16(14)2/h3-7,21H,8-9H2,1-2H3,(H,15,18). The second kappa shape index (κ2) is 5.63. The number of nitrogens with zero attached hydrogens (tertiary/aromatic N) is 2. The van der Waals surface area contributed by atoms with Crippen LogP contribution in [-0.2, 0) is 19.9 Å². The Morgan fingerprint density at radius 1 is 1.33 bits per heavy atom. The van der Waals surface area contributed by atoms with Gasteiger partial charge in [0.2, 0.25) is 5.91 Å². The number of carbonyl (C=O) groups excluding carboxylic acids is 3. The number of carbonyl (C=O) groups is 3. The molecule has 0 spiro atoms. The lowest BCUT2D eigenvalue weighted by Crippen LogP contribution is -2.64. The minimum absolute atomic E-state index is 0.00976. The molecule has 3 amide bonds. The second-order valence-electron chi connectivity index (χ2n) is 5.11. The highest BCUT2D eigenvalue weighted by Crippen LogP contribution is 2.32. The van der Waals surface area contributed by atoms with Crippen molar-refractivity contribution in [1.82, 2.24) is 15.3 Å². The maximum absolute atomic E-state index is 12.7. The van der Waals surface area contributed by atoms with Crippen LogP contribution in [0.4, 0.5) is 0 Å².